The lowest BCUT2D eigenvalue weighted by Crippen LogP contribution is -2.41. The van der Waals surface area contributed by atoms with Crippen LogP contribution in [-0.2, 0) is 20.8 Å². The van der Waals surface area contributed by atoms with E-state index < -0.39 is 11.7 Å². The van der Waals surface area contributed by atoms with E-state index in [4.69, 9.17) is 4.74 Å². The maximum Gasteiger partial charge on any atom is 0.262 e. The third-order valence-corrected chi connectivity index (χ3v) is 4.45. The van der Waals surface area contributed by atoms with Crippen LogP contribution < -0.4 is 20.3 Å². The van der Waals surface area contributed by atoms with E-state index in [0.717, 1.165) is 0 Å². The number of anilines is 3. The van der Waals surface area contributed by atoms with Gasteiger partial charge < -0.3 is 15.4 Å². The topological polar surface area (TPSA) is 87.7 Å². The molecule has 0 saturated carbocycles. The lowest BCUT2D eigenvalue weighted by Gasteiger charge is -2.29. The van der Waals surface area contributed by atoms with E-state index in [1.807, 2.05) is 0 Å². The molecule has 2 aliphatic rings. The van der Waals surface area contributed by atoms with Crippen LogP contribution >= 0.6 is 0 Å². The number of ether oxygens (including phenoxy) is 1. The summed E-state index contributed by atoms with van der Waals surface area (Å²) in [6, 6.07) is 9.43. The van der Waals surface area contributed by atoms with Gasteiger partial charge in [0.15, 0.2) is 6.61 Å². The van der Waals surface area contributed by atoms with Gasteiger partial charge in [0.1, 0.15) is 18.1 Å². The monoisotopic (exact) mass is 369 g/mol. The Morgan fingerprint density at radius 2 is 2.07 bits per heavy atom. The predicted molar refractivity (Wildman–Crippen MR) is 96.3 cm³/mol. The van der Waals surface area contributed by atoms with E-state index in [9.17, 15) is 18.8 Å². The zero-order valence-electron chi connectivity index (χ0n) is 14.3. The van der Waals surface area contributed by atoms with Crippen molar-refractivity contribution >= 4 is 34.8 Å². The number of amides is 3. The van der Waals surface area contributed by atoms with Gasteiger partial charge in [0, 0.05) is 18.2 Å². The van der Waals surface area contributed by atoms with E-state index in [1.54, 1.807) is 30.3 Å². The van der Waals surface area contributed by atoms with E-state index in [0.29, 0.717) is 29.1 Å². The number of halogens is 1. The number of rotatable bonds is 3. The van der Waals surface area contributed by atoms with Crippen molar-refractivity contribution in [3.63, 3.8) is 0 Å². The van der Waals surface area contributed by atoms with Crippen LogP contribution in [0.5, 0.6) is 5.75 Å². The molecule has 0 saturated heterocycles. The molecule has 2 aromatic carbocycles. The number of nitrogens with one attached hydrogen (secondary N) is 2. The number of benzene rings is 2. The zero-order valence-corrected chi connectivity index (χ0v) is 14.3. The summed E-state index contributed by atoms with van der Waals surface area (Å²) in [5, 5.41) is 5.33. The van der Waals surface area contributed by atoms with Gasteiger partial charge in [-0.25, -0.2) is 4.39 Å². The number of hydrogen-bond donors (Lipinski definition) is 2. The van der Waals surface area contributed by atoms with Gasteiger partial charge in [-0.3, -0.25) is 19.3 Å². The first kappa shape index (κ1) is 17.0. The highest BCUT2D eigenvalue weighted by Crippen LogP contribution is 2.32. The molecule has 0 aromatic heterocycles. The van der Waals surface area contributed by atoms with E-state index in [1.165, 1.54) is 11.0 Å². The van der Waals surface area contributed by atoms with Crippen LogP contribution in [-0.4, -0.2) is 30.9 Å². The minimum absolute atomic E-state index is 0.0945. The summed E-state index contributed by atoms with van der Waals surface area (Å²) < 4.78 is 19.5. The van der Waals surface area contributed by atoms with Gasteiger partial charge in [0.25, 0.3) is 5.91 Å². The number of nitrogens with zero attached hydrogens (tertiary/aromatic N) is 1. The first-order valence-electron chi connectivity index (χ1n) is 8.45. The Morgan fingerprint density at radius 1 is 1.22 bits per heavy atom. The molecule has 0 spiro atoms. The van der Waals surface area contributed by atoms with Crippen molar-refractivity contribution in [1.82, 2.24) is 0 Å². The minimum atomic E-state index is -0.522. The van der Waals surface area contributed by atoms with Crippen LogP contribution in [0, 0.1) is 5.82 Å². The van der Waals surface area contributed by atoms with Crippen LogP contribution in [0.2, 0.25) is 0 Å². The lowest BCUT2D eigenvalue weighted by molar-refractivity contribution is -0.121. The van der Waals surface area contributed by atoms with Crippen LogP contribution in [0.25, 0.3) is 0 Å². The molecule has 2 heterocycles. The molecule has 2 aliphatic heterocycles. The number of hydrogen-bond acceptors (Lipinski definition) is 4. The number of para-hydroxylation sites is 1. The largest absolute Gasteiger partial charge is 0.482 e. The fourth-order valence-electron chi connectivity index (χ4n) is 3.23. The molecule has 0 fully saturated rings. The van der Waals surface area contributed by atoms with Gasteiger partial charge in [0.05, 0.1) is 11.4 Å². The van der Waals surface area contributed by atoms with Gasteiger partial charge in [-0.1, -0.05) is 12.1 Å². The highest BCUT2D eigenvalue weighted by atomic mass is 19.1. The Kier molecular flexibility index (Phi) is 4.23. The summed E-state index contributed by atoms with van der Waals surface area (Å²) in [7, 11) is 0. The van der Waals surface area contributed by atoms with Crippen LogP contribution in [0.3, 0.4) is 0 Å². The molecular weight excluding hydrogens is 353 g/mol. The average molecular weight is 369 g/mol. The molecule has 0 bridgehead atoms. The second kappa shape index (κ2) is 6.71. The second-order valence-corrected chi connectivity index (χ2v) is 6.32. The quantitative estimate of drug-likeness (QED) is 0.867. The highest BCUT2D eigenvalue weighted by Gasteiger charge is 2.28. The van der Waals surface area contributed by atoms with Gasteiger partial charge in [0.2, 0.25) is 11.8 Å². The zero-order chi connectivity index (χ0) is 19.0. The first-order chi connectivity index (χ1) is 13.0. The molecule has 0 aliphatic carbocycles. The number of fused-ring (bicyclic) bond motifs is 2. The summed E-state index contributed by atoms with van der Waals surface area (Å²) in [4.78, 5) is 37.1. The summed E-state index contributed by atoms with van der Waals surface area (Å²) in [5.74, 6) is -1.08. The number of aryl methyl sites for hydroxylation is 1. The van der Waals surface area contributed by atoms with Gasteiger partial charge >= 0.3 is 0 Å². The standard InChI is InChI=1S/C19H16FN3O4/c20-13-3-1-2-11-4-7-18(26)23(19(11)13)9-16(24)21-12-5-6-14-15(8-12)27-10-17(25)22-14/h1-3,5-6,8H,4,7,9-10H2,(H,21,24)(H,22,25). The van der Waals surface area contributed by atoms with Crippen molar-refractivity contribution < 1.29 is 23.5 Å². The van der Waals surface area contributed by atoms with E-state index >= 15 is 0 Å². The fraction of sp³-hybridized carbons (Fsp3) is 0.211. The molecular formula is C19H16FN3O4. The van der Waals surface area contributed by atoms with Crippen LogP contribution in [0.15, 0.2) is 36.4 Å². The van der Waals surface area contributed by atoms with Crippen molar-refractivity contribution in [2.75, 3.05) is 28.7 Å². The van der Waals surface area contributed by atoms with Crippen LogP contribution in [0.4, 0.5) is 21.5 Å². The summed E-state index contributed by atoms with van der Waals surface area (Å²) in [5.41, 5.74) is 1.85. The Morgan fingerprint density at radius 3 is 2.93 bits per heavy atom. The average Bonchev–Trinajstić information content (AvgIpc) is 2.64. The summed E-state index contributed by atoms with van der Waals surface area (Å²) >= 11 is 0. The second-order valence-electron chi connectivity index (χ2n) is 6.32. The third-order valence-electron chi connectivity index (χ3n) is 4.45. The normalized spacial score (nSPS) is 15.4. The molecule has 0 radical (unpaired) electrons. The molecule has 27 heavy (non-hydrogen) atoms. The van der Waals surface area contributed by atoms with Gasteiger partial charge in [-0.2, -0.15) is 0 Å². The Labute approximate surface area is 154 Å². The first-order valence-corrected chi connectivity index (χ1v) is 8.45. The van der Waals surface area contributed by atoms with Crippen molar-refractivity contribution in [2.24, 2.45) is 0 Å². The lowest BCUT2D eigenvalue weighted by atomic mass is 10.0. The Hall–Kier alpha value is -3.42. The smallest absolute Gasteiger partial charge is 0.262 e. The van der Waals surface area contributed by atoms with Crippen molar-refractivity contribution in [3.05, 3.63) is 47.8 Å². The number of carbonyl (C=O) groups is 3. The molecule has 7 nitrogen and oxygen atoms in total. The molecule has 4 rings (SSSR count). The fourth-order valence-corrected chi connectivity index (χ4v) is 3.23. The Balaban J connectivity index is 1.51. The van der Waals surface area contributed by atoms with Crippen LogP contribution in [0.1, 0.15) is 12.0 Å². The molecule has 3 amide bonds. The van der Waals surface area contributed by atoms with E-state index in [2.05, 4.69) is 10.6 Å². The maximum atomic E-state index is 14.2. The van der Waals surface area contributed by atoms with Crippen molar-refractivity contribution in [3.8, 4) is 5.75 Å². The third kappa shape index (κ3) is 3.33. The molecule has 138 valence electrons. The SMILES string of the molecule is O=C(CN1C(=O)CCc2cccc(F)c21)Nc1ccc2c(c1)OCC(=O)N2. The molecule has 0 unspecified atom stereocenters. The summed E-state index contributed by atoms with van der Waals surface area (Å²) in [6.07, 6.45) is 0.689. The van der Waals surface area contributed by atoms with Crippen molar-refractivity contribution in [2.45, 2.75) is 12.8 Å². The molecule has 2 N–H and O–H groups in total. The molecule has 0 atom stereocenters. The highest BCUT2D eigenvalue weighted by molar-refractivity contribution is 6.04. The van der Waals surface area contributed by atoms with Gasteiger partial charge in [-0.05, 0) is 30.2 Å². The van der Waals surface area contributed by atoms with Gasteiger partial charge in [-0.15, -0.1) is 0 Å². The van der Waals surface area contributed by atoms with Crippen molar-refractivity contribution in [1.29, 1.82) is 0 Å². The van der Waals surface area contributed by atoms with E-state index in [-0.39, 0.29) is 37.1 Å². The summed E-state index contributed by atoms with van der Waals surface area (Å²) in [6.45, 7) is -0.385. The molecule has 2 aromatic rings. The predicted octanol–water partition coefficient (Wildman–Crippen LogP) is 2.07. The Bertz CT molecular complexity index is 960. The minimum Gasteiger partial charge on any atom is -0.482 e. The number of carbonyl (C=O) groups excluding carboxylic acids is 3. The molecule has 8 heteroatoms. The maximum absolute atomic E-state index is 14.2.